The van der Waals surface area contributed by atoms with Crippen LogP contribution in [0.1, 0.15) is 32.4 Å². The molecule has 2 aromatic heterocycles. The zero-order chi connectivity index (χ0) is 13.8. The average molecular weight is 260 g/mol. The van der Waals surface area contributed by atoms with Crippen LogP contribution in [0.15, 0.2) is 34.9 Å². The summed E-state index contributed by atoms with van der Waals surface area (Å²) in [6.45, 7) is 2.17. The number of aryl methyl sites for hydroxylation is 1. The molecule has 19 heavy (non-hydrogen) atoms. The van der Waals surface area contributed by atoms with Gasteiger partial charge in [-0.15, -0.1) is 0 Å². The molecule has 2 heterocycles. The molecule has 6 nitrogen and oxygen atoms in total. The number of carboxylic acids is 1. The maximum Gasteiger partial charge on any atom is 0.371 e. The second kappa shape index (κ2) is 5.34. The summed E-state index contributed by atoms with van der Waals surface area (Å²) in [4.78, 5) is 26.4. The number of carbonyl (C=O) groups excluding carboxylic acids is 1. The standard InChI is InChI=1S/C13H12N2O4/c1-8-2-3-9(6-14-8)7-15-12(16)10-4-5-11(19-10)13(17)18/h2-6H,7H2,1H3,(H,15,16)(H,17,18). The normalized spacial score (nSPS) is 10.2. The molecule has 0 saturated carbocycles. The number of aromatic carboxylic acids is 1. The molecule has 2 aromatic rings. The zero-order valence-electron chi connectivity index (χ0n) is 10.2. The molecule has 2 N–H and O–H groups in total. The lowest BCUT2D eigenvalue weighted by Gasteiger charge is -2.03. The summed E-state index contributed by atoms with van der Waals surface area (Å²) in [5.41, 5.74) is 1.75. The van der Waals surface area contributed by atoms with Gasteiger partial charge in [-0.3, -0.25) is 9.78 Å². The smallest absolute Gasteiger partial charge is 0.371 e. The Kier molecular flexibility index (Phi) is 3.61. The van der Waals surface area contributed by atoms with E-state index in [4.69, 9.17) is 9.52 Å². The molecule has 0 aromatic carbocycles. The van der Waals surface area contributed by atoms with Gasteiger partial charge in [-0.2, -0.15) is 0 Å². The third kappa shape index (κ3) is 3.19. The van der Waals surface area contributed by atoms with Crippen molar-refractivity contribution in [3.8, 4) is 0 Å². The van der Waals surface area contributed by atoms with Crippen molar-refractivity contribution in [3.63, 3.8) is 0 Å². The Morgan fingerprint density at radius 2 is 2.00 bits per heavy atom. The van der Waals surface area contributed by atoms with Crippen molar-refractivity contribution in [1.82, 2.24) is 10.3 Å². The monoisotopic (exact) mass is 260 g/mol. The Hall–Kier alpha value is -2.63. The number of pyridine rings is 1. The average Bonchev–Trinajstić information content (AvgIpc) is 2.87. The fourth-order valence-corrected chi connectivity index (χ4v) is 1.45. The van der Waals surface area contributed by atoms with Crippen molar-refractivity contribution in [1.29, 1.82) is 0 Å². The Morgan fingerprint density at radius 1 is 1.26 bits per heavy atom. The van der Waals surface area contributed by atoms with Crippen molar-refractivity contribution < 1.29 is 19.1 Å². The van der Waals surface area contributed by atoms with Crippen LogP contribution in [0.5, 0.6) is 0 Å². The Bertz CT molecular complexity index is 601. The molecule has 0 aliphatic carbocycles. The molecule has 0 bridgehead atoms. The van der Waals surface area contributed by atoms with Crippen molar-refractivity contribution in [2.75, 3.05) is 0 Å². The molecule has 6 heteroatoms. The largest absolute Gasteiger partial charge is 0.475 e. The maximum absolute atomic E-state index is 11.7. The van der Waals surface area contributed by atoms with Gasteiger partial charge in [0.1, 0.15) is 0 Å². The van der Waals surface area contributed by atoms with E-state index >= 15 is 0 Å². The lowest BCUT2D eigenvalue weighted by atomic mass is 10.2. The van der Waals surface area contributed by atoms with Gasteiger partial charge in [-0.25, -0.2) is 4.79 Å². The van der Waals surface area contributed by atoms with E-state index < -0.39 is 11.9 Å². The Morgan fingerprint density at radius 3 is 2.58 bits per heavy atom. The molecule has 0 radical (unpaired) electrons. The predicted octanol–water partition coefficient (Wildman–Crippen LogP) is 1.61. The highest BCUT2D eigenvalue weighted by atomic mass is 16.4. The number of furan rings is 1. The van der Waals surface area contributed by atoms with Crippen LogP contribution in [0, 0.1) is 6.92 Å². The summed E-state index contributed by atoms with van der Waals surface area (Å²) in [5.74, 6) is -1.96. The van der Waals surface area contributed by atoms with Crippen molar-refractivity contribution in [2.24, 2.45) is 0 Å². The molecule has 0 aliphatic rings. The molecule has 0 aliphatic heterocycles. The number of aromatic nitrogens is 1. The summed E-state index contributed by atoms with van der Waals surface area (Å²) in [7, 11) is 0. The zero-order valence-corrected chi connectivity index (χ0v) is 10.2. The van der Waals surface area contributed by atoms with Gasteiger partial charge in [0.2, 0.25) is 5.76 Å². The van der Waals surface area contributed by atoms with Crippen LogP contribution in [0.2, 0.25) is 0 Å². The first-order chi connectivity index (χ1) is 9.06. The van der Waals surface area contributed by atoms with Crippen LogP contribution in [-0.2, 0) is 6.54 Å². The summed E-state index contributed by atoms with van der Waals surface area (Å²) in [6, 6.07) is 6.27. The van der Waals surface area contributed by atoms with E-state index in [1.165, 1.54) is 12.1 Å². The van der Waals surface area contributed by atoms with E-state index in [2.05, 4.69) is 10.3 Å². The third-order valence-electron chi connectivity index (χ3n) is 2.47. The van der Waals surface area contributed by atoms with Gasteiger partial charge in [-0.05, 0) is 30.7 Å². The Labute approximate surface area is 109 Å². The van der Waals surface area contributed by atoms with Crippen molar-refractivity contribution in [2.45, 2.75) is 13.5 Å². The molecule has 0 saturated heterocycles. The van der Waals surface area contributed by atoms with Gasteiger partial charge in [0.25, 0.3) is 5.91 Å². The van der Waals surface area contributed by atoms with Crippen LogP contribution < -0.4 is 5.32 Å². The number of hydrogen-bond donors (Lipinski definition) is 2. The van der Waals surface area contributed by atoms with Gasteiger partial charge in [0.05, 0.1) is 0 Å². The van der Waals surface area contributed by atoms with Crippen LogP contribution in [0.25, 0.3) is 0 Å². The van der Waals surface area contributed by atoms with Gasteiger partial charge >= 0.3 is 5.97 Å². The second-order valence-electron chi connectivity index (χ2n) is 3.96. The minimum absolute atomic E-state index is 0.0301. The van der Waals surface area contributed by atoms with Crippen LogP contribution in [0.4, 0.5) is 0 Å². The van der Waals surface area contributed by atoms with Crippen molar-refractivity contribution in [3.05, 3.63) is 53.2 Å². The number of nitrogens with one attached hydrogen (secondary N) is 1. The predicted molar refractivity (Wildman–Crippen MR) is 65.8 cm³/mol. The van der Waals surface area contributed by atoms with E-state index in [9.17, 15) is 9.59 Å². The van der Waals surface area contributed by atoms with Crippen LogP contribution in [-0.4, -0.2) is 22.0 Å². The molecular weight excluding hydrogens is 248 g/mol. The highest BCUT2D eigenvalue weighted by molar-refractivity contribution is 5.93. The third-order valence-corrected chi connectivity index (χ3v) is 2.47. The maximum atomic E-state index is 11.7. The highest BCUT2D eigenvalue weighted by Crippen LogP contribution is 2.08. The fraction of sp³-hybridized carbons (Fsp3) is 0.154. The topological polar surface area (TPSA) is 92.4 Å². The molecule has 0 unspecified atom stereocenters. The number of nitrogens with zero attached hydrogens (tertiary/aromatic N) is 1. The van der Waals surface area contributed by atoms with Gasteiger partial charge < -0.3 is 14.8 Å². The van der Waals surface area contributed by atoms with Crippen LogP contribution >= 0.6 is 0 Å². The molecule has 1 amide bonds. The van der Waals surface area contributed by atoms with Gasteiger partial charge in [0.15, 0.2) is 5.76 Å². The lowest BCUT2D eigenvalue weighted by Crippen LogP contribution is -2.22. The quantitative estimate of drug-likeness (QED) is 0.871. The summed E-state index contributed by atoms with van der Waals surface area (Å²) in [5, 5.41) is 11.3. The second-order valence-corrected chi connectivity index (χ2v) is 3.96. The lowest BCUT2D eigenvalue weighted by molar-refractivity contribution is 0.0659. The summed E-state index contributed by atoms with van der Waals surface area (Å²) < 4.78 is 4.89. The van der Waals surface area contributed by atoms with Gasteiger partial charge in [0, 0.05) is 18.4 Å². The first-order valence-electron chi connectivity index (χ1n) is 5.59. The minimum atomic E-state index is -1.21. The number of carboxylic acid groups (broad SMARTS) is 1. The number of hydrogen-bond acceptors (Lipinski definition) is 4. The van der Waals surface area contributed by atoms with Crippen molar-refractivity contribution >= 4 is 11.9 Å². The number of amides is 1. The summed E-state index contributed by atoms with van der Waals surface area (Å²) >= 11 is 0. The Balaban J connectivity index is 1.97. The molecular formula is C13H12N2O4. The molecule has 0 fully saturated rings. The fourth-order valence-electron chi connectivity index (χ4n) is 1.45. The minimum Gasteiger partial charge on any atom is -0.475 e. The molecule has 2 rings (SSSR count). The SMILES string of the molecule is Cc1ccc(CNC(=O)c2ccc(C(=O)O)o2)cn1. The molecule has 0 spiro atoms. The molecule has 98 valence electrons. The van der Waals surface area contributed by atoms with E-state index in [1.807, 2.05) is 19.1 Å². The van der Waals surface area contributed by atoms with Gasteiger partial charge in [-0.1, -0.05) is 6.07 Å². The van der Waals surface area contributed by atoms with E-state index in [0.29, 0.717) is 6.54 Å². The molecule has 0 atom stereocenters. The first-order valence-corrected chi connectivity index (χ1v) is 5.59. The summed E-state index contributed by atoms with van der Waals surface area (Å²) in [6.07, 6.45) is 1.67. The van der Waals surface area contributed by atoms with Crippen LogP contribution in [0.3, 0.4) is 0 Å². The van der Waals surface area contributed by atoms with E-state index in [-0.39, 0.29) is 11.5 Å². The van der Waals surface area contributed by atoms with E-state index in [0.717, 1.165) is 11.3 Å². The number of carbonyl (C=O) groups is 2. The first kappa shape index (κ1) is 12.8. The highest BCUT2D eigenvalue weighted by Gasteiger charge is 2.14. The number of rotatable bonds is 4. The van der Waals surface area contributed by atoms with E-state index in [1.54, 1.807) is 6.20 Å².